The monoisotopic (exact) mass is 324 g/mol. The van der Waals surface area contributed by atoms with E-state index in [-0.39, 0.29) is 17.7 Å². The third kappa shape index (κ3) is 3.43. The van der Waals surface area contributed by atoms with Crippen molar-refractivity contribution < 1.29 is 13.2 Å². The van der Waals surface area contributed by atoms with E-state index in [1.807, 2.05) is 19.9 Å². The highest BCUT2D eigenvalue weighted by Crippen LogP contribution is 2.30. The number of hydrogen-bond donors (Lipinski definition) is 1. The maximum atomic E-state index is 12.2. The molecule has 1 aromatic carbocycles. The lowest BCUT2D eigenvalue weighted by atomic mass is 10.0. The van der Waals surface area contributed by atoms with Crippen LogP contribution in [0.1, 0.15) is 49.5 Å². The van der Waals surface area contributed by atoms with Gasteiger partial charge in [-0.25, -0.2) is 8.42 Å². The van der Waals surface area contributed by atoms with Crippen molar-refractivity contribution >= 4 is 21.6 Å². The minimum absolute atomic E-state index is 0.0860. The Morgan fingerprint density at radius 2 is 2.09 bits per heavy atom. The Hall–Kier alpha value is -1.56. The van der Waals surface area contributed by atoms with Crippen LogP contribution >= 0.6 is 0 Å². The first-order valence-corrected chi connectivity index (χ1v) is 9.44. The Morgan fingerprint density at radius 1 is 1.36 bits per heavy atom. The molecule has 0 bridgehead atoms. The summed E-state index contributed by atoms with van der Waals surface area (Å²) in [6.45, 7) is 6.15. The predicted octanol–water partition coefficient (Wildman–Crippen LogP) is 2.32. The van der Waals surface area contributed by atoms with Gasteiger partial charge in [0.1, 0.15) is 0 Å². The minimum atomic E-state index is -3.26. The number of aryl methyl sites for hydroxylation is 1. The number of anilines is 1. The van der Waals surface area contributed by atoms with Gasteiger partial charge in [0.05, 0.1) is 11.4 Å². The Balaban J connectivity index is 2.30. The molecule has 2 rings (SSSR count). The summed E-state index contributed by atoms with van der Waals surface area (Å²) in [5.41, 5.74) is 2.24. The quantitative estimate of drug-likeness (QED) is 0.904. The largest absolute Gasteiger partial charge is 0.350 e. The lowest BCUT2D eigenvalue weighted by Gasteiger charge is -2.30. The molecular weight excluding hydrogens is 300 g/mol. The highest BCUT2D eigenvalue weighted by molar-refractivity contribution is 7.92. The maximum Gasteiger partial charge on any atom is 0.251 e. The van der Waals surface area contributed by atoms with Gasteiger partial charge >= 0.3 is 0 Å². The fraction of sp³-hybridized carbons (Fsp3) is 0.562. The van der Waals surface area contributed by atoms with Crippen molar-refractivity contribution in [2.75, 3.05) is 16.6 Å². The zero-order valence-corrected chi connectivity index (χ0v) is 14.2. The SMILES string of the molecule is CC[C@H](C)NC(=O)c1ccc2c(c1)CCCN2S(=O)(=O)CC. The summed E-state index contributed by atoms with van der Waals surface area (Å²) >= 11 is 0. The van der Waals surface area contributed by atoms with Crippen LogP contribution in [0, 0.1) is 0 Å². The second-order valence-corrected chi connectivity index (χ2v) is 7.88. The number of amides is 1. The van der Waals surface area contributed by atoms with Gasteiger partial charge in [-0.3, -0.25) is 9.10 Å². The van der Waals surface area contributed by atoms with E-state index in [4.69, 9.17) is 0 Å². The molecule has 6 heteroatoms. The standard InChI is InChI=1S/C16H24N2O3S/c1-4-12(3)17-16(19)14-8-9-15-13(11-14)7-6-10-18(15)22(20,21)5-2/h8-9,11-12H,4-7,10H2,1-3H3,(H,17,19)/t12-/m0/s1. The van der Waals surface area contributed by atoms with Crippen molar-refractivity contribution in [2.24, 2.45) is 0 Å². The Morgan fingerprint density at radius 3 is 2.73 bits per heavy atom. The van der Waals surface area contributed by atoms with Crippen LogP contribution in [0.5, 0.6) is 0 Å². The van der Waals surface area contributed by atoms with Crippen LogP contribution in [0.3, 0.4) is 0 Å². The number of fused-ring (bicyclic) bond motifs is 1. The number of carbonyl (C=O) groups is 1. The molecule has 0 aromatic heterocycles. The van der Waals surface area contributed by atoms with Crippen LogP contribution < -0.4 is 9.62 Å². The van der Waals surface area contributed by atoms with Gasteiger partial charge in [-0.15, -0.1) is 0 Å². The van der Waals surface area contributed by atoms with E-state index < -0.39 is 10.0 Å². The molecule has 5 nitrogen and oxygen atoms in total. The fourth-order valence-corrected chi connectivity index (χ4v) is 3.75. The number of rotatable bonds is 5. The molecular formula is C16H24N2O3S. The van der Waals surface area contributed by atoms with E-state index in [9.17, 15) is 13.2 Å². The maximum absolute atomic E-state index is 12.2. The third-order valence-electron chi connectivity index (χ3n) is 4.11. The van der Waals surface area contributed by atoms with Crippen molar-refractivity contribution in [3.63, 3.8) is 0 Å². The van der Waals surface area contributed by atoms with Crippen LogP contribution in [-0.2, 0) is 16.4 Å². The highest BCUT2D eigenvalue weighted by atomic mass is 32.2. The molecule has 1 N–H and O–H groups in total. The van der Waals surface area contributed by atoms with E-state index >= 15 is 0 Å². The molecule has 122 valence electrons. The van der Waals surface area contributed by atoms with E-state index in [0.717, 1.165) is 24.8 Å². The van der Waals surface area contributed by atoms with Gasteiger partial charge in [-0.2, -0.15) is 0 Å². The van der Waals surface area contributed by atoms with Gasteiger partial charge in [0.2, 0.25) is 10.0 Å². The summed E-state index contributed by atoms with van der Waals surface area (Å²) in [6, 6.07) is 5.41. The smallest absolute Gasteiger partial charge is 0.251 e. The molecule has 0 radical (unpaired) electrons. The topological polar surface area (TPSA) is 66.5 Å². The van der Waals surface area contributed by atoms with Crippen molar-refractivity contribution in [2.45, 2.75) is 46.1 Å². The molecule has 0 unspecified atom stereocenters. The van der Waals surface area contributed by atoms with Crippen molar-refractivity contribution in [1.82, 2.24) is 5.32 Å². The summed E-state index contributed by atoms with van der Waals surface area (Å²) in [6.07, 6.45) is 2.46. The lowest BCUT2D eigenvalue weighted by molar-refractivity contribution is 0.0939. The number of sulfonamides is 1. The number of nitrogens with zero attached hydrogens (tertiary/aromatic N) is 1. The second kappa shape index (κ2) is 6.69. The highest BCUT2D eigenvalue weighted by Gasteiger charge is 2.26. The Labute approximate surface area is 132 Å². The lowest BCUT2D eigenvalue weighted by Crippen LogP contribution is -2.37. The second-order valence-electron chi connectivity index (χ2n) is 5.70. The van der Waals surface area contributed by atoms with E-state index in [1.54, 1.807) is 19.1 Å². The van der Waals surface area contributed by atoms with Gasteiger partial charge in [0.15, 0.2) is 0 Å². The average Bonchev–Trinajstić information content (AvgIpc) is 2.53. The summed E-state index contributed by atoms with van der Waals surface area (Å²) in [4.78, 5) is 12.2. The normalized spacial score (nSPS) is 16.0. The molecule has 1 aromatic rings. The molecule has 22 heavy (non-hydrogen) atoms. The molecule has 0 spiro atoms. The molecule has 1 heterocycles. The van der Waals surface area contributed by atoms with Gasteiger partial charge in [-0.05, 0) is 56.9 Å². The minimum Gasteiger partial charge on any atom is -0.350 e. The van der Waals surface area contributed by atoms with E-state index in [0.29, 0.717) is 17.8 Å². The number of nitrogens with one attached hydrogen (secondary N) is 1. The first-order chi connectivity index (χ1) is 10.4. The molecule has 0 aliphatic carbocycles. The first kappa shape index (κ1) is 16.8. The van der Waals surface area contributed by atoms with Crippen LogP contribution in [-0.4, -0.2) is 32.7 Å². The van der Waals surface area contributed by atoms with Crippen molar-refractivity contribution in [3.05, 3.63) is 29.3 Å². The van der Waals surface area contributed by atoms with Crippen LogP contribution in [0.4, 0.5) is 5.69 Å². The van der Waals surface area contributed by atoms with Gasteiger partial charge in [0, 0.05) is 18.2 Å². The zero-order chi connectivity index (χ0) is 16.3. The van der Waals surface area contributed by atoms with E-state index in [1.165, 1.54) is 4.31 Å². The average molecular weight is 324 g/mol. The predicted molar refractivity (Wildman–Crippen MR) is 88.8 cm³/mol. The number of carbonyl (C=O) groups excluding carboxylic acids is 1. The van der Waals surface area contributed by atoms with Crippen LogP contribution in [0.2, 0.25) is 0 Å². The molecule has 1 aliphatic rings. The van der Waals surface area contributed by atoms with Crippen LogP contribution in [0.25, 0.3) is 0 Å². The van der Waals surface area contributed by atoms with Gasteiger partial charge in [-0.1, -0.05) is 6.92 Å². The molecule has 1 amide bonds. The Bertz CT molecular complexity index is 655. The molecule has 0 saturated carbocycles. The van der Waals surface area contributed by atoms with Crippen molar-refractivity contribution in [1.29, 1.82) is 0 Å². The summed E-state index contributed by atoms with van der Waals surface area (Å²) < 4.78 is 25.8. The van der Waals surface area contributed by atoms with Crippen LogP contribution in [0.15, 0.2) is 18.2 Å². The summed E-state index contributed by atoms with van der Waals surface area (Å²) in [5.74, 6) is -0.0180. The van der Waals surface area contributed by atoms with Crippen molar-refractivity contribution in [3.8, 4) is 0 Å². The molecule has 0 saturated heterocycles. The fourth-order valence-electron chi connectivity index (χ4n) is 2.56. The van der Waals surface area contributed by atoms with Gasteiger partial charge < -0.3 is 5.32 Å². The third-order valence-corrected chi connectivity index (χ3v) is 5.89. The molecule has 0 fully saturated rings. The molecule has 1 aliphatic heterocycles. The zero-order valence-electron chi connectivity index (χ0n) is 13.4. The molecule has 1 atom stereocenters. The Kier molecular flexibility index (Phi) is 5.11. The number of hydrogen-bond acceptors (Lipinski definition) is 3. The summed E-state index contributed by atoms with van der Waals surface area (Å²) in [7, 11) is -3.26. The first-order valence-electron chi connectivity index (χ1n) is 7.83. The van der Waals surface area contributed by atoms with Gasteiger partial charge in [0.25, 0.3) is 5.91 Å². The summed E-state index contributed by atoms with van der Waals surface area (Å²) in [5, 5.41) is 2.93. The van der Waals surface area contributed by atoms with E-state index in [2.05, 4.69) is 5.32 Å². The number of benzene rings is 1.